The lowest BCUT2D eigenvalue weighted by Crippen LogP contribution is -2.43. The number of aryl methyl sites for hydroxylation is 1. The highest BCUT2D eigenvalue weighted by molar-refractivity contribution is 5.93. The molecule has 1 amide bonds. The summed E-state index contributed by atoms with van der Waals surface area (Å²) in [5.74, 6) is 1.23. The third kappa shape index (κ3) is 5.18. The molecule has 0 N–H and O–H groups in total. The quantitative estimate of drug-likeness (QED) is 0.752. The normalized spacial score (nSPS) is 18.8. The molecule has 1 saturated carbocycles. The summed E-state index contributed by atoms with van der Waals surface area (Å²) in [5.41, 5.74) is 1.61. The molecule has 0 spiro atoms. The van der Waals surface area contributed by atoms with Crippen molar-refractivity contribution in [3.8, 4) is 0 Å². The lowest BCUT2D eigenvalue weighted by Gasteiger charge is -2.37. The van der Waals surface area contributed by atoms with Gasteiger partial charge in [-0.05, 0) is 63.2 Å². The predicted molar refractivity (Wildman–Crippen MR) is 112 cm³/mol. The van der Waals surface area contributed by atoms with Crippen LogP contribution in [0.4, 0.5) is 0 Å². The molecule has 6 nitrogen and oxygen atoms in total. The standard InChI is InChI=1S/C23H31N5O/c1-18-25-14-21(15-26-18)23(29)28(17-20-5-4-10-24-13-20)16-19-8-11-27(12-9-19)22-6-2-3-7-22/h4-5,10,13-15,19,22H,2-3,6-9,11-12,16-17H2,1H3. The van der Waals surface area contributed by atoms with Crippen LogP contribution in [0, 0.1) is 12.8 Å². The number of piperidine rings is 1. The maximum atomic E-state index is 13.2. The minimum Gasteiger partial charge on any atom is -0.334 e. The summed E-state index contributed by atoms with van der Waals surface area (Å²) in [6.07, 6.45) is 14.7. The van der Waals surface area contributed by atoms with Gasteiger partial charge in [-0.3, -0.25) is 9.78 Å². The number of carbonyl (C=O) groups excluding carboxylic acids is 1. The van der Waals surface area contributed by atoms with Gasteiger partial charge in [-0.25, -0.2) is 9.97 Å². The smallest absolute Gasteiger partial charge is 0.257 e. The van der Waals surface area contributed by atoms with Crippen LogP contribution in [0.2, 0.25) is 0 Å². The molecule has 1 saturated heterocycles. The second kappa shape index (κ2) is 9.44. The topological polar surface area (TPSA) is 62.2 Å². The Bertz CT molecular complexity index is 781. The Hall–Kier alpha value is -2.34. The summed E-state index contributed by atoms with van der Waals surface area (Å²) >= 11 is 0. The summed E-state index contributed by atoms with van der Waals surface area (Å²) in [6, 6.07) is 4.75. The number of hydrogen-bond donors (Lipinski definition) is 0. The fourth-order valence-corrected chi connectivity index (χ4v) is 4.70. The van der Waals surface area contributed by atoms with Gasteiger partial charge in [0.05, 0.1) is 5.56 Å². The van der Waals surface area contributed by atoms with Crippen LogP contribution in [0.25, 0.3) is 0 Å². The summed E-state index contributed by atoms with van der Waals surface area (Å²) < 4.78 is 0. The number of rotatable bonds is 6. The van der Waals surface area contributed by atoms with Crippen molar-refractivity contribution in [3.63, 3.8) is 0 Å². The fourth-order valence-electron chi connectivity index (χ4n) is 4.70. The van der Waals surface area contributed by atoms with E-state index in [9.17, 15) is 4.79 Å². The first-order chi connectivity index (χ1) is 14.2. The summed E-state index contributed by atoms with van der Waals surface area (Å²) in [4.78, 5) is 30.5. The third-order valence-electron chi connectivity index (χ3n) is 6.38. The average Bonchev–Trinajstić information content (AvgIpc) is 3.30. The van der Waals surface area contributed by atoms with E-state index in [2.05, 4.69) is 19.9 Å². The molecule has 0 aromatic carbocycles. The number of pyridine rings is 1. The molecular formula is C23H31N5O. The SMILES string of the molecule is Cc1ncc(C(=O)N(Cc2cccnc2)CC2CCN(C3CCCC3)CC2)cn1. The minimum absolute atomic E-state index is 0.00655. The monoisotopic (exact) mass is 393 g/mol. The maximum Gasteiger partial charge on any atom is 0.257 e. The Kier molecular flexibility index (Phi) is 6.49. The van der Waals surface area contributed by atoms with Crippen LogP contribution in [-0.4, -0.2) is 56.3 Å². The van der Waals surface area contributed by atoms with Crippen molar-refractivity contribution in [2.24, 2.45) is 5.92 Å². The molecule has 0 unspecified atom stereocenters. The number of amides is 1. The second-order valence-electron chi connectivity index (χ2n) is 8.48. The summed E-state index contributed by atoms with van der Waals surface area (Å²) in [5, 5.41) is 0. The number of hydrogen-bond acceptors (Lipinski definition) is 5. The van der Waals surface area contributed by atoms with Gasteiger partial charge in [0.25, 0.3) is 5.91 Å². The van der Waals surface area contributed by atoms with E-state index >= 15 is 0 Å². The molecule has 4 rings (SSSR count). The predicted octanol–water partition coefficient (Wildman–Crippen LogP) is 3.48. The van der Waals surface area contributed by atoms with Crippen LogP contribution in [0.15, 0.2) is 36.9 Å². The van der Waals surface area contributed by atoms with E-state index < -0.39 is 0 Å². The Morgan fingerprint density at radius 1 is 1.10 bits per heavy atom. The molecule has 0 radical (unpaired) electrons. The van der Waals surface area contributed by atoms with Crippen molar-refractivity contribution >= 4 is 5.91 Å². The number of likely N-dealkylation sites (tertiary alicyclic amines) is 1. The van der Waals surface area contributed by atoms with E-state index in [1.54, 1.807) is 18.6 Å². The molecule has 2 aromatic rings. The molecule has 1 aliphatic heterocycles. The molecule has 3 heterocycles. The highest BCUT2D eigenvalue weighted by atomic mass is 16.2. The van der Waals surface area contributed by atoms with Crippen molar-refractivity contribution in [3.05, 3.63) is 53.9 Å². The van der Waals surface area contributed by atoms with E-state index in [1.165, 1.54) is 25.7 Å². The van der Waals surface area contributed by atoms with Gasteiger partial charge in [-0.1, -0.05) is 18.9 Å². The van der Waals surface area contributed by atoms with Gasteiger partial charge < -0.3 is 9.80 Å². The summed E-state index contributed by atoms with van der Waals surface area (Å²) in [7, 11) is 0. The van der Waals surface area contributed by atoms with Crippen molar-refractivity contribution in [1.82, 2.24) is 24.8 Å². The van der Waals surface area contributed by atoms with E-state index in [0.29, 0.717) is 23.9 Å². The van der Waals surface area contributed by atoms with Gasteiger partial charge in [0.2, 0.25) is 0 Å². The minimum atomic E-state index is 0.00655. The van der Waals surface area contributed by atoms with Crippen LogP contribution in [0.5, 0.6) is 0 Å². The Morgan fingerprint density at radius 3 is 2.48 bits per heavy atom. The van der Waals surface area contributed by atoms with E-state index in [1.807, 2.05) is 30.2 Å². The Balaban J connectivity index is 1.42. The lowest BCUT2D eigenvalue weighted by molar-refractivity contribution is 0.0649. The molecule has 2 aromatic heterocycles. The molecule has 1 aliphatic carbocycles. The zero-order valence-corrected chi connectivity index (χ0v) is 17.3. The fraction of sp³-hybridized carbons (Fsp3) is 0.565. The number of nitrogens with zero attached hydrogens (tertiary/aromatic N) is 5. The Labute approximate surface area is 173 Å². The van der Waals surface area contributed by atoms with Crippen LogP contribution in [0.3, 0.4) is 0 Å². The van der Waals surface area contributed by atoms with Crippen LogP contribution >= 0.6 is 0 Å². The first-order valence-corrected chi connectivity index (χ1v) is 10.9. The van der Waals surface area contributed by atoms with Gasteiger partial charge in [-0.15, -0.1) is 0 Å². The molecule has 2 fully saturated rings. The largest absolute Gasteiger partial charge is 0.334 e. The van der Waals surface area contributed by atoms with Gasteiger partial charge >= 0.3 is 0 Å². The lowest BCUT2D eigenvalue weighted by atomic mass is 9.94. The Morgan fingerprint density at radius 2 is 1.83 bits per heavy atom. The molecule has 154 valence electrons. The van der Waals surface area contributed by atoms with Gasteiger partial charge in [0, 0.05) is 43.9 Å². The average molecular weight is 394 g/mol. The van der Waals surface area contributed by atoms with Gasteiger partial charge in [-0.2, -0.15) is 0 Å². The van der Waals surface area contributed by atoms with Gasteiger partial charge in [0.1, 0.15) is 5.82 Å². The first-order valence-electron chi connectivity index (χ1n) is 10.9. The van der Waals surface area contributed by atoms with Crippen LogP contribution < -0.4 is 0 Å². The number of aromatic nitrogens is 3. The molecule has 29 heavy (non-hydrogen) atoms. The van der Waals surface area contributed by atoms with E-state index in [0.717, 1.165) is 44.1 Å². The van der Waals surface area contributed by atoms with Crippen LogP contribution in [-0.2, 0) is 6.54 Å². The second-order valence-corrected chi connectivity index (χ2v) is 8.48. The highest BCUT2D eigenvalue weighted by Crippen LogP contribution is 2.28. The zero-order valence-electron chi connectivity index (χ0n) is 17.3. The molecule has 0 bridgehead atoms. The van der Waals surface area contributed by atoms with Crippen molar-refractivity contribution in [1.29, 1.82) is 0 Å². The molecule has 2 aliphatic rings. The highest BCUT2D eigenvalue weighted by Gasteiger charge is 2.29. The van der Waals surface area contributed by atoms with Crippen LogP contribution in [0.1, 0.15) is 60.3 Å². The first kappa shape index (κ1) is 20.0. The maximum absolute atomic E-state index is 13.2. The molecular weight excluding hydrogens is 362 g/mol. The summed E-state index contributed by atoms with van der Waals surface area (Å²) in [6.45, 7) is 5.51. The third-order valence-corrected chi connectivity index (χ3v) is 6.38. The molecule has 6 heteroatoms. The number of carbonyl (C=O) groups is 1. The van der Waals surface area contributed by atoms with Crippen molar-refractivity contribution < 1.29 is 4.79 Å². The molecule has 0 atom stereocenters. The van der Waals surface area contributed by atoms with Gasteiger partial charge in [0.15, 0.2) is 0 Å². The van der Waals surface area contributed by atoms with Crippen molar-refractivity contribution in [2.75, 3.05) is 19.6 Å². The van der Waals surface area contributed by atoms with E-state index in [-0.39, 0.29) is 5.91 Å². The van der Waals surface area contributed by atoms with Crippen molar-refractivity contribution in [2.45, 2.75) is 58.0 Å². The zero-order chi connectivity index (χ0) is 20.1. The van der Waals surface area contributed by atoms with E-state index in [4.69, 9.17) is 0 Å².